The second kappa shape index (κ2) is 4.84. The Morgan fingerprint density at radius 2 is 1.94 bits per heavy atom. The monoisotopic (exact) mass is 251 g/mol. The Morgan fingerprint density at radius 1 is 1.28 bits per heavy atom. The molecule has 0 N–H and O–H groups in total. The smallest absolute Gasteiger partial charge is 0.433 e. The molecular formula is C11H9NO6. The maximum atomic E-state index is 11.8. The number of furan rings is 2. The molecule has 0 saturated carbocycles. The Labute approximate surface area is 101 Å². The summed E-state index contributed by atoms with van der Waals surface area (Å²) in [5.74, 6) is -0.638. The van der Waals surface area contributed by atoms with Crippen LogP contribution in [0.4, 0.5) is 5.88 Å². The number of hydrogen-bond acceptors (Lipinski definition) is 6. The van der Waals surface area contributed by atoms with Crippen molar-refractivity contribution in [3.8, 4) is 0 Å². The van der Waals surface area contributed by atoms with Crippen molar-refractivity contribution in [3.05, 3.63) is 51.7 Å². The van der Waals surface area contributed by atoms with Gasteiger partial charge in [0.25, 0.3) is 5.78 Å². The van der Waals surface area contributed by atoms with Crippen molar-refractivity contribution in [2.75, 3.05) is 7.11 Å². The van der Waals surface area contributed by atoms with E-state index in [1.165, 1.54) is 19.2 Å². The van der Waals surface area contributed by atoms with Crippen LogP contribution in [0.5, 0.6) is 0 Å². The molecule has 18 heavy (non-hydrogen) atoms. The maximum absolute atomic E-state index is 11.8. The van der Waals surface area contributed by atoms with Crippen LogP contribution >= 0.6 is 0 Å². The molecule has 0 spiro atoms. The molecule has 2 aromatic rings. The van der Waals surface area contributed by atoms with Gasteiger partial charge in [-0.3, -0.25) is 14.9 Å². The lowest BCUT2D eigenvalue weighted by molar-refractivity contribution is -0.402. The molecule has 7 nitrogen and oxygen atoms in total. The molecule has 2 heterocycles. The van der Waals surface area contributed by atoms with Gasteiger partial charge in [-0.2, -0.15) is 0 Å². The van der Waals surface area contributed by atoms with Crippen LogP contribution < -0.4 is 0 Å². The van der Waals surface area contributed by atoms with Crippen LogP contribution in [0.1, 0.15) is 22.1 Å². The highest BCUT2D eigenvalue weighted by atomic mass is 16.6. The molecular weight excluding hydrogens is 242 g/mol. The largest absolute Gasteiger partial charge is 0.455 e. The number of carbonyl (C=O) groups is 1. The number of rotatable bonds is 5. The second-order valence-corrected chi connectivity index (χ2v) is 3.42. The van der Waals surface area contributed by atoms with Gasteiger partial charge in [0.15, 0.2) is 11.5 Å². The highest BCUT2D eigenvalue weighted by Gasteiger charge is 2.21. The summed E-state index contributed by atoms with van der Waals surface area (Å²) in [7, 11) is 1.50. The van der Waals surface area contributed by atoms with E-state index in [0.29, 0.717) is 5.76 Å². The molecule has 0 amide bonds. The van der Waals surface area contributed by atoms with Crippen LogP contribution in [0.3, 0.4) is 0 Å². The molecule has 0 radical (unpaired) electrons. The summed E-state index contributed by atoms with van der Waals surface area (Å²) >= 11 is 0. The fraction of sp³-hybridized carbons (Fsp3) is 0.182. The first-order valence-corrected chi connectivity index (χ1v) is 4.98. The van der Waals surface area contributed by atoms with E-state index in [2.05, 4.69) is 0 Å². The van der Waals surface area contributed by atoms with Crippen LogP contribution in [-0.4, -0.2) is 17.8 Å². The van der Waals surface area contributed by atoms with E-state index >= 15 is 0 Å². The molecule has 0 aliphatic carbocycles. The number of hydrogen-bond donors (Lipinski definition) is 0. The average Bonchev–Trinajstić information content (AvgIpc) is 2.97. The standard InChI is InChI=1S/C11H9NO6/c1-16-6-7-2-3-8(17-7)11(13)9-4-5-10(18-9)12(14)15/h2-5H,6H2,1H3. The van der Waals surface area contributed by atoms with Gasteiger partial charge in [-0.15, -0.1) is 0 Å². The first-order valence-electron chi connectivity index (χ1n) is 4.98. The summed E-state index contributed by atoms with van der Waals surface area (Å²) < 4.78 is 14.8. The van der Waals surface area contributed by atoms with Gasteiger partial charge in [0.05, 0.1) is 6.07 Å². The van der Waals surface area contributed by atoms with Gasteiger partial charge in [-0.25, -0.2) is 0 Å². The number of ketones is 1. The van der Waals surface area contributed by atoms with Crippen molar-refractivity contribution in [2.45, 2.75) is 6.61 Å². The van der Waals surface area contributed by atoms with E-state index in [1.54, 1.807) is 6.07 Å². The van der Waals surface area contributed by atoms with Crippen LogP contribution in [-0.2, 0) is 11.3 Å². The van der Waals surface area contributed by atoms with Gasteiger partial charge in [0, 0.05) is 7.11 Å². The third-order valence-corrected chi connectivity index (χ3v) is 2.17. The molecule has 0 unspecified atom stereocenters. The van der Waals surface area contributed by atoms with E-state index in [-0.39, 0.29) is 18.1 Å². The lowest BCUT2D eigenvalue weighted by atomic mass is 10.2. The zero-order chi connectivity index (χ0) is 13.1. The summed E-state index contributed by atoms with van der Waals surface area (Å²) in [6, 6.07) is 5.41. The number of methoxy groups -OCH3 is 1. The number of nitro groups is 1. The Hall–Kier alpha value is -2.41. The van der Waals surface area contributed by atoms with Gasteiger partial charge in [0.2, 0.25) is 0 Å². The van der Waals surface area contributed by atoms with Crippen molar-refractivity contribution < 1.29 is 23.3 Å². The van der Waals surface area contributed by atoms with Crippen LogP contribution in [0, 0.1) is 10.1 Å². The molecule has 2 rings (SSSR count). The molecule has 0 aromatic carbocycles. The molecule has 7 heteroatoms. The minimum absolute atomic E-state index is 0.0475. The lowest BCUT2D eigenvalue weighted by Gasteiger charge is -1.93. The molecule has 0 atom stereocenters. The topological polar surface area (TPSA) is 95.7 Å². The number of nitrogens with zero attached hydrogens (tertiary/aromatic N) is 1. The third kappa shape index (κ3) is 2.30. The van der Waals surface area contributed by atoms with Gasteiger partial charge in [-0.05, 0) is 18.2 Å². The van der Waals surface area contributed by atoms with E-state index < -0.39 is 16.6 Å². The molecule has 0 bridgehead atoms. The fourth-order valence-corrected chi connectivity index (χ4v) is 1.39. The molecule has 0 aliphatic heterocycles. The Balaban J connectivity index is 2.21. The number of ether oxygens (including phenoxy) is 1. The Kier molecular flexibility index (Phi) is 3.24. The minimum atomic E-state index is -0.713. The molecule has 0 fully saturated rings. The van der Waals surface area contributed by atoms with E-state index in [9.17, 15) is 14.9 Å². The summed E-state index contributed by atoms with van der Waals surface area (Å²) in [5.41, 5.74) is 0. The zero-order valence-electron chi connectivity index (χ0n) is 9.41. The van der Waals surface area contributed by atoms with Gasteiger partial charge >= 0.3 is 5.88 Å². The highest BCUT2D eigenvalue weighted by Crippen LogP contribution is 2.20. The Bertz CT molecular complexity index is 582. The first-order chi connectivity index (χ1) is 8.61. The van der Waals surface area contributed by atoms with Crippen molar-refractivity contribution in [3.63, 3.8) is 0 Å². The number of carbonyl (C=O) groups excluding carboxylic acids is 1. The van der Waals surface area contributed by atoms with Crippen LogP contribution in [0.15, 0.2) is 33.1 Å². The van der Waals surface area contributed by atoms with E-state index in [4.69, 9.17) is 13.6 Å². The predicted molar refractivity (Wildman–Crippen MR) is 58.2 cm³/mol. The average molecular weight is 251 g/mol. The molecule has 94 valence electrons. The second-order valence-electron chi connectivity index (χ2n) is 3.42. The quantitative estimate of drug-likeness (QED) is 0.459. The maximum Gasteiger partial charge on any atom is 0.433 e. The third-order valence-electron chi connectivity index (χ3n) is 2.17. The Morgan fingerprint density at radius 3 is 2.56 bits per heavy atom. The normalized spacial score (nSPS) is 10.5. The fourth-order valence-electron chi connectivity index (χ4n) is 1.39. The molecule has 0 saturated heterocycles. The van der Waals surface area contributed by atoms with Gasteiger partial charge in [-0.1, -0.05) is 0 Å². The van der Waals surface area contributed by atoms with Crippen molar-refractivity contribution in [1.29, 1.82) is 0 Å². The molecule has 2 aromatic heterocycles. The summed E-state index contributed by atoms with van der Waals surface area (Å²) in [6.07, 6.45) is 0. The zero-order valence-corrected chi connectivity index (χ0v) is 9.41. The predicted octanol–water partition coefficient (Wildman–Crippen LogP) is 2.16. The van der Waals surface area contributed by atoms with E-state index in [1.807, 2.05) is 0 Å². The lowest BCUT2D eigenvalue weighted by Crippen LogP contribution is -1.97. The van der Waals surface area contributed by atoms with Gasteiger partial charge in [0.1, 0.15) is 17.3 Å². The van der Waals surface area contributed by atoms with Crippen molar-refractivity contribution >= 4 is 11.7 Å². The summed E-state index contributed by atoms with van der Waals surface area (Å²) in [4.78, 5) is 21.6. The minimum Gasteiger partial charge on any atom is -0.455 e. The van der Waals surface area contributed by atoms with Crippen molar-refractivity contribution in [1.82, 2.24) is 0 Å². The molecule has 0 aliphatic rings. The summed E-state index contributed by atoms with van der Waals surface area (Å²) in [6.45, 7) is 0.242. The van der Waals surface area contributed by atoms with Crippen LogP contribution in [0.2, 0.25) is 0 Å². The van der Waals surface area contributed by atoms with Crippen LogP contribution in [0.25, 0.3) is 0 Å². The highest BCUT2D eigenvalue weighted by molar-refractivity contribution is 6.05. The summed E-state index contributed by atoms with van der Waals surface area (Å²) in [5, 5.41) is 10.4. The van der Waals surface area contributed by atoms with Crippen molar-refractivity contribution in [2.24, 2.45) is 0 Å². The van der Waals surface area contributed by atoms with E-state index in [0.717, 1.165) is 6.07 Å². The van der Waals surface area contributed by atoms with Gasteiger partial charge < -0.3 is 13.6 Å². The SMILES string of the molecule is COCc1ccc(C(=O)c2ccc([N+](=O)[O-])o2)o1. The first kappa shape index (κ1) is 12.1.